The van der Waals surface area contributed by atoms with Gasteiger partial charge in [-0.25, -0.2) is 0 Å². The molecule has 12 aromatic rings. The first-order chi connectivity index (χ1) is 32.3. The molecular weight excluding hydrogens is 783 g/mol. The van der Waals surface area contributed by atoms with Crippen molar-refractivity contribution in [2.24, 2.45) is 0 Å². The van der Waals surface area contributed by atoms with Crippen LogP contribution in [-0.2, 0) is 0 Å². The number of anilines is 3. The van der Waals surface area contributed by atoms with Crippen molar-refractivity contribution in [2.45, 2.75) is 0 Å². The van der Waals surface area contributed by atoms with Crippen molar-refractivity contribution >= 4 is 60.2 Å². The van der Waals surface area contributed by atoms with E-state index >= 15 is 0 Å². The van der Waals surface area contributed by atoms with Crippen LogP contribution in [-0.4, -0.2) is 0 Å². The van der Waals surface area contributed by atoms with E-state index in [0.29, 0.717) is 0 Å². The first-order valence-corrected chi connectivity index (χ1v) is 22.4. The van der Waals surface area contributed by atoms with Crippen molar-refractivity contribution in [1.29, 1.82) is 0 Å². The summed E-state index contributed by atoms with van der Waals surface area (Å²) < 4.78 is 0. The standard InChI is InChI=1S/C64H43N/c1-3-16-44(17-4-1)45-30-32-48(33-31-45)53-21-13-14-29-62(53)65(52-41-36-50(37-42-52)63-54-22-8-7-20-47(54)38-43-56(63)46-18-5-2-6-19-46)51-39-34-49(35-40-51)55-27-15-28-61-59-24-10-9-23-57(59)58-25-11-12-26-60(58)64(55)61/h1-43H. The molecule has 0 aliphatic rings. The van der Waals surface area contributed by atoms with Crippen LogP contribution in [0.25, 0.3) is 98.7 Å². The van der Waals surface area contributed by atoms with E-state index in [2.05, 4.69) is 266 Å². The van der Waals surface area contributed by atoms with Crippen LogP contribution >= 0.6 is 0 Å². The molecule has 0 spiro atoms. The van der Waals surface area contributed by atoms with Gasteiger partial charge in [-0.1, -0.05) is 231 Å². The topological polar surface area (TPSA) is 3.24 Å². The summed E-state index contributed by atoms with van der Waals surface area (Å²) in [5.41, 5.74) is 15.3. The van der Waals surface area contributed by atoms with E-state index in [4.69, 9.17) is 0 Å². The third-order valence-corrected chi connectivity index (χ3v) is 13.1. The Balaban J connectivity index is 1.01. The highest BCUT2D eigenvalue weighted by Crippen LogP contribution is 2.45. The van der Waals surface area contributed by atoms with Crippen LogP contribution in [0.2, 0.25) is 0 Å². The molecule has 0 N–H and O–H groups in total. The van der Waals surface area contributed by atoms with Gasteiger partial charge in [0.05, 0.1) is 5.69 Å². The maximum Gasteiger partial charge on any atom is 0.0540 e. The maximum atomic E-state index is 2.42. The lowest BCUT2D eigenvalue weighted by Gasteiger charge is -2.28. The smallest absolute Gasteiger partial charge is 0.0540 e. The Hall–Kier alpha value is -8.52. The zero-order valence-electron chi connectivity index (χ0n) is 35.8. The lowest BCUT2D eigenvalue weighted by Crippen LogP contribution is -2.11. The molecule has 0 heterocycles. The Kier molecular flexibility index (Phi) is 9.58. The lowest BCUT2D eigenvalue weighted by molar-refractivity contribution is 1.28. The summed E-state index contributed by atoms with van der Waals surface area (Å²) in [7, 11) is 0. The van der Waals surface area contributed by atoms with E-state index in [-0.39, 0.29) is 0 Å². The summed E-state index contributed by atoms with van der Waals surface area (Å²) in [4.78, 5) is 2.42. The Morgan fingerprint density at radius 2 is 0.631 bits per heavy atom. The molecule has 0 bridgehead atoms. The van der Waals surface area contributed by atoms with E-state index in [9.17, 15) is 0 Å². The van der Waals surface area contributed by atoms with Gasteiger partial charge in [-0.3, -0.25) is 0 Å². The average molecular weight is 826 g/mol. The highest BCUT2D eigenvalue weighted by atomic mass is 15.1. The molecule has 1 nitrogen and oxygen atoms in total. The number of hydrogen-bond donors (Lipinski definition) is 0. The normalized spacial score (nSPS) is 11.4. The fourth-order valence-electron chi connectivity index (χ4n) is 10.0. The SMILES string of the molecule is c1ccc(-c2ccc(-c3ccccc3N(c3ccc(-c4c(-c5ccccc5)ccc5ccccc45)cc3)c3ccc(-c4cccc5c6ccccc6c6ccccc6c45)cc3)cc2)cc1. The van der Waals surface area contributed by atoms with E-state index in [0.717, 1.165) is 28.2 Å². The molecule has 0 radical (unpaired) electrons. The molecule has 12 aromatic carbocycles. The molecule has 0 aliphatic heterocycles. The van der Waals surface area contributed by atoms with Crippen molar-refractivity contribution < 1.29 is 0 Å². The lowest BCUT2D eigenvalue weighted by atomic mass is 9.89. The van der Waals surface area contributed by atoms with Crippen molar-refractivity contribution in [3.05, 3.63) is 261 Å². The second kappa shape index (κ2) is 16.3. The van der Waals surface area contributed by atoms with Crippen LogP contribution in [0.1, 0.15) is 0 Å². The molecule has 12 rings (SSSR count). The third-order valence-electron chi connectivity index (χ3n) is 13.1. The largest absolute Gasteiger partial charge is 0.310 e. The van der Waals surface area contributed by atoms with Gasteiger partial charge in [-0.2, -0.15) is 0 Å². The fourth-order valence-corrected chi connectivity index (χ4v) is 10.0. The van der Waals surface area contributed by atoms with Crippen LogP contribution in [0.4, 0.5) is 17.1 Å². The van der Waals surface area contributed by atoms with Crippen LogP contribution in [0, 0.1) is 0 Å². The van der Waals surface area contributed by atoms with E-state index in [1.807, 2.05) is 0 Å². The van der Waals surface area contributed by atoms with Crippen molar-refractivity contribution in [3.63, 3.8) is 0 Å². The number of hydrogen-bond acceptors (Lipinski definition) is 1. The Bertz CT molecular complexity index is 3620. The zero-order valence-corrected chi connectivity index (χ0v) is 35.8. The molecule has 65 heavy (non-hydrogen) atoms. The molecule has 0 amide bonds. The zero-order chi connectivity index (χ0) is 43.1. The van der Waals surface area contributed by atoms with Gasteiger partial charge in [0, 0.05) is 16.9 Å². The molecule has 0 saturated heterocycles. The van der Waals surface area contributed by atoms with Gasteiger partial charge in [-0.05, 0) is 123 Å². The van der Waals surface area contributed by atoms with Crippen LogP contribution in [0.3, 0.4) is 0 Å². The van der Waals surface area contributed by atoms with Crippen LogP contribution < -0.4 is 4.90 Å². The molecule has 0 atom stereocenters. The van der Waals surface area contributed by atoms with E-state index in [1.165, 1.54) is 87.6 Å². The highest BCUT2D eigenvalue weighted by molar-refractivity contribution is 6.28. The first-order valence-electron chi connectivity index (χ1n) is 22.4. The molecule has 0 unspecified atom stereocenters. The summed E-state index contributed by atoms with van der Waals surface area (Å²) >= 11 is 0. The number of nitrogens with zero attached hydrogens (tertiary/aromatic N) is 1. The average Bonchev–Trinajstić information content (AvgIpc) is 3.39. The predicted molar refractivity (Wildman–Crippen MR) is 278 cm³/mol. The first kappa shape index (κ1) is 38.2. The summed E-state index contributed by atoms with van der Waals surface area (Å²) in [6.45, 7) is 0. The van der Waals surface area contributed by atoms with Gasteiger partial charge in [-0.15, -0.1) is 0 Å². The summed E-state index contributed by atoms with van der Waals surface area (Å²) in [5, 5.41) is 10.2. The van der Waals surface area contributed by atoms with Gasteiger partial charge >= 0.3 is 0 Å². The summed E-state index contributed by atoms with van der Waals surface area (Å²) in [5.74, 6) is 0. The van der Waals surface area contributed by atoms with Gasteiger partial charge < -0.3 is 4.90 Å². The van der Waals surface area contributed by atoms with E-state index < -0.39 is 0 Å². The molecule has 304 valence electrons. The molecule has 0 aromatic heterocycles. The minimum absolute atomic E-state index is 1.08. The van der Waals surface area contributed by atoms with Gasteiger partial charge in [0.25, 0.3) is 0 Å². The Morgan fingerprint density at radius 1 is 0.215 bits per heavy atom. The minimum atomic E-state index is 1.08. The van der Waals surface area contributed by atoms with Crippen molar-refractivity contribution in [3.8, 4) is 55.6 Å². The fraction of sp³-hybridized carbons (Fsp3) is 0. The Labute approximate surface area is 379 Å². The third kappa shape index (κ3) is 6.82. The monoisotopic (exact) mass is 825 g/mol. The minimum Gasteiger partial charge on any atom is -0.310 e. The molecular formula is C64H43N. The van der Waals surface area contributed by atoms with Crippen LogP contribution in [0.5, 0.6) is 0 Å². The highest BCUT2D eigenvalue weighted by Gasteiger charge is 2.20. The molecule has 0 aliphatic carbocycles. The van der Waals surface area contributed by atoms with Crippen LogP contribution in [0.15, 0.2) is 261 Å². The number of para-hydroxylation sites is 1. The van der Waals surface area contributed by atoms with Gasteiger partial charge in [0.2, 0.25) is 0 Å². The van der Waals surface area contributed by atoms with E-state index in [1.54, 1.807) is 0 Å². The second-order valence-corrected chi connectivity index (χ2v) is 16.8. The van der Waals surface area contributed by atoms with Crippen molar-refractivity contribution in [2.75, 3.05) is 4.90 Å². The summed E-state index contributed by atoms with van der Waals surface area (Å²) in [6.07, 6.45) is 0. The second-order valence-electron chi connectivity index (χ2n) is 16.8. The summed E-state index contributed by atoms with van der Waals surface area (Å²) in [6, 6.07) is 95.1. The number of rotatable bonds is 8. The number of benzene rings is 12. The Morgan fingerprint density at radius 3 is 1.29 bits per heavy atom. The van der Waals surface area contributed by atoms with Gasteiger partial charge in [0.15, 0.2) is 0 Å². The van der Waals surface area contributed by atoms with Gasteiger partial charge in [0.1, 0.15) is 0 Å². The molecule has 1 heteroatoms. The number of fused-ring (bicyclic) bond motifs is 7. The molecule has 0 saturated carbocycles. The molecule has 0 fully saturated rings. The predicted octanol–water partition coefficient (Wildman–Crippen LogP) is 18.1. The maximum absolute atomic E-state index is 2.42. The van der Waals surface area contributed by atoms with Crippen molar-refractivity contribution in [1.82, 2.24) is 0 Å². The quantitative estimate of drug-likeness (QED) is 0.138.